The van der Waals surface area contributed by atoms with Crippen LogP contribution in [-0.2, 0) is 6.18 Å². The van der Waals surface area contributed by atoms with Gasteiger partial charge in [-0.05, 0) is 24.3 Å². The van der Waals surface area contributed by atoms with E-state index in [1.807, 2.05) is 0 Å². The van der Waals surface area contributed by atoms with Gasteiger partial charge >= 0.3 is 6.18 Å². The van der Waals surface area contributed by atoms with E-state index in [0.717, 1.165) is 12.1 Å². The maximum atomic E-state index is 13.0. The molecule has 0 amide bonds. The van der Waals surface area contributed by atoms with Crippen molar-refractivity contribution >= 4 is 21.9 Å². The second-order valence-electron chi connectivity index (χ2n) is 4.04. The number of hydrogen-bond acceptors (Lipinski definition) is 2. The van der Waals surface area contributed by atoms with Crippen LogP contribution in [0.2, 0.25) is 0 Å². The van der Waals surface area contributed by atoms with Crippen LogP contribution in [-0.4, -0.2) is 9.97 Å². The van der Waals surface area contributed by atoms with Crippen LogP contribution < -0.4 is 0 Å². The molecule has 0 saturated carbocycles. The van der Waals surface area contributed by atoms with E-state index in [0.29, 0.717) is 0 Å². The molecule has 0 unspecified atom stereocenters. The van der Waals surface area contributed by atoms with Crippen molar-refractivity contribution in [3.8, 4) is 0 Å². The highest BCUT2D eigenvalue weighted by Crippen LogP contribution is 2.34. The van der Waals surface area contributed by atoms with Crippen molar-refractivity contribution in [2.45, 2.75) is 6.18 Å². The van der Waals surface area contributed by atoms with E-state index >= 15 is 0 Å². The molecule has 0 bridgehead atoms. The van der Waals surface area contributed by atoms with E-state index in [-0.39, 0.29) is 21.9 Å². The lowest BCUT2D eigenvalue weighted by Gasteiger charge is -2.10. The predicted octanol–water partition coefficient (Wildman–Crippen LogP) is 3.94. The summed E-state index contributed by atoms with van der Waals surface area (Å²) in [5.74, 6) is -0.694. The Labute approximate surface area is 104 Å². The number of alkyl halides is 3. The van der Waals surface area contributed by atoms with E-state index in [1.54, 1.807) is 0 Å². The average molecular weight is 266 g/mol. The molecule has 0 spiro atoms. The highest BCUT2D eigenvalue weighted by Gasteiger charge is 2.33. The first-order chi connectivity index (χ1) is 8.95. The van der Waals surface area contributed by atoms with Gasteiger partial charge in [0.15, 0.2) is 0 Å². The smallest absolute Gasteiger partial charge is 0.246 e. The number of pyridine rings is 2. The molecule has 2 nitrogen and oxygen atoms in total. The number of nitrogens with zero attached hydrogens (tertiary/aromatic N) is 2. The molecular formula is C13H6F4N2. The second kappa shape index (κ2) is 3.88. The minimum Gasteiger partial charge on any atom is -0.246 e. The molecule has 0 fully saturated rings. The molecule has 0 aliphatic carbocycles. The summed E-state index contributed by atoms with van der Waals surface area (Å²) in [5.41, 5.74) is -0.510. The van der Waals surface area contributed by atoms with E-state index in [1.165, 1.54) is 24.3 Å². The van der Waals surface area contributed by atoms with Crippen LogP contribution >= 0.6 is 0 Å². The van der Waals surface area contributed by atoms with Crippen molar-refractivity contribution in [1.29, 1.82) is 0 Å². The van der Waals surface area contributed by atoms with Gasteiger partial charge in [0.2, 0.25) is 5.95 Å². The Balaban J connectivity index is 2.41. The highest BCUT2D eigenvalue weighted by molar-refractivity contribution is 5.92. The Kier molecular flexibility index (Phi) is 2.41. The molecule has 2 heterocycles. The molecule has 0 saturated heterocycles. The van der Waals surface area contributed by atoms with Gasteiger partial charge in [-0.3, -0.25) is 0 Å². The first-order valence-corrected chi connectivity index (χ1v) is 5.38. The number of halogens is 4. The number of para-hydroxylation sites is 1. The third kappa shape index (κ3) is 1.99. The minimum atomic E-state index is -4.48. The number of hydrogen-bond donors (Lipinski definition) is 0. The lowest BCUT2D eigenvalue weighted by atomic mass is 10.1. The van der Waals surface area contributed by atoms with Crippen LogP contribution in [0, 0.1) is 5.95 Å². The van der Waals surface area contributed by atoms with Crippen molar-refractivity contribution in [3.63, 3.8) is 0 Å². The third-order valence-corrected chi connectivity index (χ3v) is 2.77. The topological polar surface area (TPSA) is 25.8 Å². The van der Waals surface area contributed by atoms with Gasteiger partial charge in [0.25, 0.3) is 0 Å². The average Bonchev–Trinajstić information content (AvgIpc) is 2.34. The Morgan fingerprint density at radius 2 is 1.68 bits per heavy atom. The molecule has 0 aliphatic rings. The Hall–Kier alpha value is -2.24. The molecule has 1 aromatic carbocycles. The highest BCUT2D eigenvalue weighted by atomic mass is 19.4. The summed E-state index contributed by atoms with van der Waals surface area (Å²) >= 11 is 0. The lowest BCUT2D eigenvalue weighted by Crippen LogP contribution is -2.06. The van der Waals surface area contributed by atoms with Gasteiger partial charge in [-0.2, -0.15) is 17.6 Å². The van der Waals surface area contributed by atoms with Gasteiger partial charge in [0.1, 0.15) is 0 Å². The van der Waals surface area contributed by atoms with Crippen molar-refractivity contribution < 1.29 is 17.6 Å². The zero-order valence-corrected chi connectivity index (χ0v) is 9.37. The van der Waals surface area contributed by atoms with Gasteiger partial charge in [0, 0.05) is 5.39 Å². The first-order valence-electron chi connectivity index (χ1n) is 5.38. The van der Waals surface area contributed by atoms with Crippen molar-refractivity contribution in [2.75, 3.05) is 0 Å². The molecule has 96 valence electrons. The quantitative estimate of drug-likeness (QED) is 0.350. The summed E-state index contributed by atoms with van der Waals surface area (Å²) in [5, 5.41) is 0.278. The van der Waals surface area contributed by atoms with Crippen LogP contribution in [0.1, 0.15) is 5.56 Å². The van der Waals surface area contributed by atoms with E-state index in [4.69, 9.17) is 0 Å². The summed E-state index contributed by atoms with van der Waals surface area (Å²) in [6, 6.07) is 7.53. The zero-order chi connectivity index (χ0) is 13.6. The fourth-order valence-electron chi connectivity index (χ4n) is 1.94. The lowest BCUT2D eigenvalue weighted by molar-refractivity contribution is -0.136. The van der Waals surface area contributed by atoms with Crippen molar-refractivity contribution in [2.24, 2.45) is 0 Å². The third-order valence-electron chi connectivity index (χ3n) is 2.77. The van der Waals surface area contributed by atoms with Crippen molar-refractivity contribution in [1.82, 2.24) is 9.97 Å². The van der Waals surface area contributed by atoms with Gasteiger partial charge in [-0.25, -0.2) is 9.97 Å². The molecule has 6 heteroatoms. The summed E-state index contributed by atoms with van der Waals surface area (Å²) in [4.78, 5) is 7.54. The second-order valence-corrected chi connectivity index (χ2v) is 4.04. The first kappa shape index (κ1) is 11.8. The largest absolute Gasteiger partial charge is 0.418 e. The molecule has 0 radical (unpaired) electrons. The molecule has 19 heavy (non-hydrogen) atoms. The number of rotatable bonds is 0. The summed E-state index contributed by atoms with van der Waals surface area (Å²) in [6.45, 7) is 0. The van der Waals surface area contributed by atoms with Crippen LogP contribution in [0.15, 0.2) is 36.4 Å². The fraction of sp³-hybridized carbons (Fsp3) is 0.0769. The molecule has 0 N–H and O–H groups in total. The summed E-state index contributed by atoms with van der Waals surface area (Å²) < 4.78 is 51.6. The molecule has 3 aromatic rings. The molecule has 0 atom stereocenters. The maximum Gasteiger partial charge on any atom is 0.418 e. The van der Waals surface area contributed by atoms with Gasteiger partial charge in [0.05, 0.1) is 22.1 Å². The van der Waals surface area contributed by atoms with Crippen molar-refractivity contribution in [3.05, 3.63) is 47.9 Å². The maximum absolute atomic E-state index is 13.0. The summed E-state index contributed by atoms with van der Waals surface area (Å²) in [6.07, 6.45) is -4.48. The number of aromatic nitrogens is 2. The Morgan fingerprint density at radius 3 is 2.42 bits per heavy atom. The summed E-state index contributed by atoms with van der Waals surface area (Å²) in [7, 11) is 0. The Morgan fingerprint density at radius 1 is 0.895 bits per heavy atom. The van der Waals surface area contributed by atoms with Gasteiger partial charge in [-0.15, -0.1) is 0 Å². The van der Waals surface area contributed by atoms with E-state index < -0.39 is 17.7 Å². The number of fused-ring (bicyclic) bond motifs is 2. The van der Waals surface area contributed by atoms with E-state index in [2.05, 4.69) is 9.97 Å². The molecule has 0 aliphatic heterocycles. The molecule has 2 aromatic heterocycles. The standard InChI is InChI=1S/C13H6F4N2/c14-11-5-4-9-10(18-11)6-7-2-1-3-8(12(7)19-9)13(15,16)17/h1-6H. The SMILES string of the molecule is Fc1ccc2nc3c(C(F)(F)F)cccc3cc2n1. The Bertz CT molecular complexity index is 781. The molecular weight excluding hydrogens is 260 g/mol. The fourth-order valence-corrected chi connectivity index (χ4v) is 1.94. The molecule has 3 rings (SSSR count). The minimum absolute atomic E-state index is 0.157. The predicted molar refractivity (Wildman–Crippen MR) is 62.0 cm³/mol. The van der Waals surface area contributed by atoms with E-state index in [9.17, 15) is 17.6 Å². The number of benzene rings is 1. The van der Waals surface area contributed by atoms with Gasteiger partial charge < -0.3 is 0 Å². The van der Waals surface area contributed by atoms with Crippen LogP contribution in [0.25, 0.3) is 21.9 Å². The zero-order valence-electron chi connectivity index (χ0n) is 9.37. The van der Waals surface area contributed by atoms with Crippen LogP contribution in [0.5, 0.6) is 0 Å². The normalized spacial score (nSPS) is 12.2. The monoisotopic (exact) mass is 266 g/mol. The van der Waals surface area contributed by atoms with Gasteiger partial charge in [-0.1, -0.05) is 12.1 Å². The van der Waals surface area contributed by atoms with Crippen LogP contribution in [0.4, 0.5) is 17.6 Å². The van der Waals surface area contributed by atoms with Crippen LogP contribution in [0.3, 0.4) is 0 Å².